The molecule has 3 fully saturated rings. The number of likely N-dealkylation sites (tertiary alicyclic amines) is 1. The second kappa shape index (κ2) is 6.80. The van der Waals surface area contributed by atoms with Crippen molar-refractivity contribution in [3.05, 3.63) is 11.6 Å². The summed E-state index contributed by atoms with van der Waals surface area (Å²) in [7, 11) is -3.53. The Morgan fingerprint density at radius 1 is 1.22 bits per heavy atom. The van der Waals surface area contributed by atoms with Gasteiger partial charge in [-0.3, -0.25) is 9.89 Å². The minimum Gasteiger partial charge on any atom is -0.379 e. The minimum absolute atomic E-state index is 0.00128. The van der Waals surface area contributed by atoms with Gasteiger partial charge in [-0.05, 0) is 13.3 Å². The van der Waals surface area contributed by atoms with Crippen molar-refractivity contribution in [3.8, 4) is 0 Å². The number of H-pyrrole nitrogens is 1. The number of aryl methyl sites for hydroxylation is 1. The van der Waals surface area contributed by atoms with Crippen LogP contribution in [0.1, 0.15) is 25.0 Å². The summed E-state index contributed by atoms with van der Waals surface area (Å²) in [4.78, 5) is 18.3. The molecule has 3 aliphatic rings. The van der Waals surface area contributed by atoms with Crippen LogP contribution in [0.5, 0.6) is 0 Å². The van der Waals surface area contributed by atoms with Crippen molar-refractivity contribution in [2.75, 3.05) is 52.5 Å². The Balaban J connectivity index is 1.61. The maximum atomic E-state index is 13.1. The van der Waals surface area contributed by atoms with Crippen LogP contribution in [0.15, 0.2) is 0 Å². The van der Waals surface area contributed by atoms with E-state index in [-0.39, 0.29) is 11.8 Å². The van der Waals surface area contributed by atoms with E-state index in [0.29, 0.717) is 64.7 Å². The summed E-state index contributed by atoms with van der Waals surface area (Å²) in [5.41, 5.74) is -0.395. The van der Waals surface area contributed by atoms with Crippen molar-refractivity contribution in [1.29, 1.82) is 0 Å². The molecule has 4 heterocycles. The summed E-state index contributed by atoms with van der Waals surface area (Å²) in [6.45, 7) is 6.85. The molecule has 4 rings (SSSR count). The first-order valence-electron chi connectivity index (χ1n) is 9.31. The molecule has 10 nitrogen and oxygen atoms in total. The van der Waals surface area contributed by atoms with E-state index >= 15 is 0 Å². The number of carbonyl (C=O) groups is 1. The maximum absolute atomic E-state index is 13.1. The fourth-order valence-corrected chi connectivity index (χ4v) is 6.10. The van der Waals surface area contributed by atoms with Crippen molar-refractivity contribution in [3.63, 3.8) is 0 Å². The Morgan fingerprint density at radius 3 is 2.59 bits per heavy atom. The van der Waals surface area contributed by atoms with Gasteiger partial charge in [0.15, 0.2) is 5.82 Å². The molecule has 3 aliphatic heterocycles. The standard InChI is InChI=1S/C16H26N6O4S/c1-12-17-15(19-18-12)16-3-4-22(10-14(16)9-20(11-16)13(2)23)27(24,25)21-5-7-26-8-6-21/h14H,3-11H2,1-2H3,(H,17,18,19)/t14-,16+/m0/s1. The zero-order valence-electron chi connectivity index (χ0n) is 15.7. The molecule has 150 valence electrons. The molecule has 1 amide bonds. The molecule has 0 radical (unpaired) electrons. The SMILES string of the molecule is CC(=O)N1C[C@H]2CN(S(=O)(=O)N3CCOCC3)CC[C@@]2(c2n[nH]c(C)n2)C1. The van der Waals surface area contributed by atoms with E-state index in [1.54, 1.807) is 16.1 Å². The number of morpholine rings is 1. The molecular weight excluding hydrogens is 372 g/mol. The van der Waals surface area contributed by atoms with Gasteiger partial charge in [-0.15, -0.1) is 0 Å². The van der Waals surface area contributed by atoms with Crippen LogP contribution in [-0.4, -0.2) is 95.5 Å². The van der Waals surface area contributed by atoms with E-state index in [1.165, 1.54) is 4.31 Å². The van der Waals surface area contributed by atoms with Crippen LogP contribution in [0.25, 0.3) is 0 Å². The predicted molar refractivity (Wildman–Crippen MR) is 96.0 cm³/mol. The summed E-state index contributed by atoms with van der Waals surface area (Å²) in [5, 5.41) is 7.27. The largest absolute Gasteiger partial charge is 0.379 e. The average Bonchev–Trinajstić information content (AvgIpc) is 3.26. The van der Waals surface area contributed by atoms with Gasteiger partial charge in [0.1, 0.15) is 5.82 Å². The van der Waals surface area contributed by atoms with Crippen LogP contribution in [0, 0.1) is 12.8 Å². The fourth-order valence-electron chi connectivity index (χ4n) is 4.47. The van der Waals surface area contributed by atoms with Crippen molar-refractivity contribution >= 4 is 16.1 Å². The van der Waals surface area contributed by atoms with Crippen LogP contribution in [-0.2, 0) is 25.2 Å². The second-order valence-electron chi connectivity index (χ2n) is 7.62. The van der Waals surface area contributed by atoms with Crippen molar-refractivity contribution in [2.45, 2.75) is 25.7 Å². The first kappa shape index (κ1) is 18.8. The number of hydrogen-bond donors (Lipinski definition) is 1. The molecule has 27 heavy (non-hydrogen) atoms. The third-order valence-corrected chi connectivity index (χ3v) is 8.04. The second-order valence-corrected chi connectivity index (χ2v) is 9.55. The number of rotatable bonds is 3. The van der Waals surface area contributed by atoms with Crippen LogP contribution >= 0.6 is 0 Å². The number of amides is 1. The number of fused-ring (bicyclic) bond motifs is 1. The Morgan fingerprint density at radius 2 is 1.96 bits per heavy atom. The zero-order valence-corrected chi connectivity index (χ0v) is 16.5. The molecule has 11 heteroatoms. The molecule has 0 bridgehead atoms. The van der Waals surface area contributed by atoms with Crippen molar-refractivity contribution in [1.82, 2.24) is 28.7 Å². The lowest BCUT2D eigenvalue weighted by atomic mass is 9.72. The monoisotopic (exact) mass is 398 g/mol. The molecule has 1 aromatic rings. The van der Waals surface area contributed by atoms with E-state index < -0.39 is 15.6 Å². The Kier molecular flexibility index (Phi) is 4.73. The van der Waals surface area contributed by atoms with Gasteiger partial charge in [0.2, 0.25) is 5.91 Å². The maximum Gasteiger partial charge on any atom is 0.282 e. The predicted octanol–water partition coefficient (Wildman–Crippen LogP) is -0.888. The summed E-state index contributed by atoms with van der Waals surface area (Å²) in [5.74, 6) is 1.39. The lowest BCUT2D eigenvalue weighted by molar-refractivity contribution is -0.128. The number of ether oxygens (including phenoxy) is 1. The summed E-state index contributed by atoms with van der Waals surface area (Å²) < 4.78 is 34.5. The van der Waals surface area contributed by atoms with E-state index in [1.807, 2.05) is 6.92 Å². The zero-order chi connectivity index (χ0) is 19.2. The normalized spacial score (nSPS) is 30.4. The van der Waals surface area contributed by atoms with Gasteiger partial charge in [0.25, 0.3) is 10.2 Å². The molecule has 2 atom stereocenters. The topological polar surface area (TPSA) is 112 Å². The van der Waals surface area contributed by atoms with Gasteiger partial charge in [-0.25, -0.2) is 4.98 Å². The van der Waals surface area contributed by atoms with Crippen molar-refractivity contribution in [2.24, 2.45) is 5.92 Å². The number of piperidine rings is 1. The number of nitrogens with zero attached hydrogens (tertiary/aromatic N) is 5. The van der Waals surface area contributed by atoms with Crippen LogP contribution in [0.4, 0.5) is 0 Å². The van der Waals surface area contributed by atoms with Crippen LogP contribution in [0.3, 0.4) is 0 Å². The van der Waals surface area contributed by atoms with E-state index in [9.17, 15) is 13.2 Å². The van der Waals surface area contributed by atoms with E-state index in [0.717, 1.165) is 5.82 Å². The molecule has 0 unspecified atom stereocenters. The van der Waals surface area contributed by atoms with Gasteiger partial charge in [0, 0.05) is 52.1 Å². The Bertz CT molecular complexity index is 821. The summed E-state index contributed by atoms with van der Waals surface area (Å²) in [6.07, 6.45) is 0.600. The summed E-state index contributed by atoms with van der Waals surface area (Å²) >= 11 is 0. The smallest absolute Gasteiger partial charge is 0.282 e. The number of carbonyl (C=O) groups excluding carboxylic acids is 1. The highest BCUT2D eigenvalue weighted by atomic mass is 32.2. The first-order valence-corrected chi connectivity index (χ1v) is 10.7. The highest BCUT2D eigenvalue weighted by Crippen LogP contribution is 2.44. The lowest BCUT2D eigenvalue weighted by Gasteiger charge is -2.42. The van der Waals surface area contributed by atoms with Crippen LogP contribution < -0.4 is 0 Å². The molecular formula is C16H26N6O4S. The molecule has 3 saturated heterocycles. The first-order chi connectivity index (χ1) is 12.8. The van der Waals surface area contributed by atoms with E-state index in [4.69, 9.17) is 4.74 Å². The molecule has 0 spiro atoms. The number of hydrogen-bond acceptors (Lipinski definition) is 6. The molecule has 0 aliphatic carbocycles. The minimum atomic E-state index is -3.53. The molecule has 1 N–H and O–H groups in total. The Hall–Kier alpha value is -1.56. The van der Waals surface area contributed by atoms with Gasteiger partial charge >= 0.3 is 0 Å². The molecule has 0 aromatic carbocycles. The molecule has 1 aromatic heterocycles. The molecule has 0 saturated carbocycles. The Labute approximate surface area is 159 Å². The lowest BCUT2D eigenvalue weighted by Crippen LogP contribution is -2.56. The third kappa shape index (κ3) is 3.16. The van der Waals surface area contributed by atoms with Gasteiger partial charge in [0.05, 0.1) is 18.6 Å². The third-order valence-electron chi connectivity index (χ3n) is 6.04. The highest BCUT2D eigenvalue weighted by Gasteiger charge is 2.55. The van der Waals surface area contributed by atoms with Crippen molar-refractivity contribution < 1.29 is 17.9 Å². The summed E-state index contributed by atoms with van der Waals surface area (Å²) in [6, 6.07) is 0. The highest BCUT2D eigenvalue weighted by molar-refractivity contribution is 7.86. The fraction of sp³-hybridized carbons (Fsp3) is 0.812. The number of nitrogens with one attached hydrogen (secondary N) is 1. The van der Waals surface area contributed by atoms with Crippen LogP contribution in [0.2, 0.25) is 0 Å². The van der Waals surface area contributed by atoms with Gasteiger partial charge < -0.3 is 9.64 Å². The van der Waals surface area contributed by atoms with Gasteiger partial charge in [-0.2, -0.15) is 22.1 Å². The van der Waals surface area contributed by atoms with Gasteiger partial charge in [-0.1, -0.05) is 0 Å². The quantitative estimate of drug-likeness (QED) is 0.707. The van der Waals surface area contributed by atoms with E-state index in [2.05, 4.69) is 15.2 Å². The number of aromatic amines is 1. The number of aromatic nitrogens is 3. The average molecular weight is 398 g/mol.